The number of thiazole rings is 1. The minimum absolute atomic E-state index is 0.324. The quantitative estimate of drug-likeness (QED) is 0.742. The maximum atomic E-state index is 12.5. The lowest BCUT2D eigenvalue weighted by Crippen LogP contribution is -2.37. The summed E-state index contributed by atoms with van der Waals surface area (Å²) in [6.07, 6.45) is 3.72. The number of rotatable bonds is 7. The molecule has 0 amide bonds. The van der Waals surface area contributed by atoms with Crippen LogP contribution in [0.3, 0.4) is 0 Å². The second kappa shape index (κ2) is 8.14. The highest BCUT2D eigenvalue weighted by molar-refractivity contribution is 8.01. The highest BCUT2D eigenvalue weighted by atomic mass is 32.2. The van der Waals surface area contributed by atoms with E-state index in [1.54, 1.807) is 41.3 Å². The molecule has 0 bridgehead atoms. The van der Waals surface area contributed by atoms with Gasteiger partial charge in [-0.25, -0.2) is 18.1 Å². The molecule has 0 atom stereocenters. The average Bonchev–Trinajstić information content (AvgIpc) is 2.97. The monoisotopic (exact) mass is 385 g/mol. The lowest BCUT2D eigenvalue weighted by atomic mass is 10.1. The van der Waals surface area contributed by atoms with Crippen molar-refractivity contribution < 1.29 is 8.42 Å². The van der Waals surface area contributed by atoms with Gasteiger partial charge in [-0.15, -0.1) is 11.3 Å². The summed E-state index contributed by atoms with van der Waals surface area (Å²) >= 11 is 3.23. The maximum Gasteiger partial charge on any atom is 0.240 e. The van der Waals surface area contributed by atoms with Crippen molar-refractivity contribution in [3.05, 3.63) is 18.2 Å². The molecule has 1 aliphatic rings. The Morgan fingerprint density at radius 3 is 2.83 bits per heavy atom. The predicted octanol–water partition coefficient (Wildman–Crippen LogP) is 3.17. The van der Waals surface area contributed by atoms with Crippen molar-refractivity contribution in [1.82, 2.24) is 14.6 Å². The molecule has 3 rings (SSSR count). The number of aromatic nitrogens is 1. The first-order valence-electron chi connectivity index (χ1n) is 8.34. The van der Waals surface area contributed by atoms with Crippen LogP contribution in [0.15, 0.2) is 27.4 Å². The van der Waals surface area contributed by atoms with E-state index < -0.39 is 10.0 Å². The molecule has 8 heteroatoms. The Hall–Kier alpha value is -0.670. The summed E-state index contributed by atoms with van der Waals surface area (Å²) in [4.78, 5) is 7.16. The van der Waals surface area contributed by atoms with Crippen molar-refractivity contribution in [3.63, 3.8) is 0 Å². The lowest BCUT2D eigenvalue weighted by molar-refractivity contribution is 0.233. The molecule has 24 heavy (non-hydrogen) atoms. The van der Waals surface area contributed by atoms with Gasteiger partial charge in [-0.1, -0.05) is 25.1 Å². The van der Waals surface area contributed by atoms with E-state index in [4.69, 9.17) is 0 Å². The van der Waals surface area contributed by atoms with Gasteiger partial charge in [-0.2, -0.15) is 0 Å². The number of hydrogen-bond acceptors (Lipinski definition) is 6. The molecule has 0 radical (unpaired) electrons. The average molecular weight is 386 g/mol. The zero-order chi connectivity index (χ0) is 17.0. The number of nitrogens with zero attached hydrogens (tertiary/aromatic N) is 2. The molecule has 1 aliphatic heterocycles. The summed E-state index contributed by atoms with van der Waals surface area (Å²) in [5, 5.41) is 0. The molecule has 1 aromatic carbocycles. The van der Waals surface area contributed by atoms with Crippen molar-refractivity contribution in [3.8, 4) is 0 Å². The van der Waals surface area contributed by atoms with Crippen molar-refractivity contribution in [1.29, 1.82) is 0 Å². The van der Waals surface area contributed by atoms with Crippen molar-refractivity contribution >= 4 is 43.3 Å². The molecular weight excluding hydrogens is 362 g/mol. The van der Waals surface area contributed by atoms with Gasteiger partial charge < -0.3 is 4.90 Å². The first-order valence-corrected chi connectivity index (χ1v) is 11.6. The normalized spacial score (nSPS) is 16.7. The predicted molar refractivity (Wildman–Crippen MR) is 101 cm³/mol. The molecule has 1 fully saturated rings. The molecule has 132 valence electrons. The minimum atomic E-state index is -3.46. The standard InChI is InChI=1S/C16H23N3O2S3/c1-2-22-16-18-14-7-6-13(12-15(14)23-16)24(20,21)17-8-11-19-9-4-3-5-10-19/h6-7,12,17H,2-5,8-11H2,1H3. The Morgan fingerprint density at radius 2 is 2.08 bits per heavy atom. The largest absolute Gasteiger partial charge is 0.302 e. The fraction of sp³-hybridized carbons (Fsp3) is 0.562. The molecule has 0 spiro atoms. The molecule has 0 unspecified atom stereocenters. The lowest BCUT2D eigenvalue weighted by Gasteiger charge is -2.26. The van der Waals surface area contributed by atoms with Crippen LogP contribution in [-0.4, -0.2) is 50.2 Å². The van der Waals surface area contributed by atoms with Gasteiger partial charge in [-0.05, 0) is 49.9 Å². The fourth-order valence-electron chi connectivity index (χ4n) is 2.84. The third-order valence-corrected chi connectivity index (χ3v) is 7.59. The molecule has 2 heterocycles. The molecular formula is C16H23N3O2S3. The van der Waals surface area contributed by atoms with Gasteiger partial charge in [0.1, 0.15) is 0 Å². The number of fused-ring (bicyclic) bond motifs is 1. The van der Waals surface area contributed by atoms with E-state index in [9.17, 15) is 8.42 Å². The summed E-state index contributed by atoms with van der Waals surface area (Å²) in [6.45, 7) is 5.47. The number of likely N-dealkylation sites (tertiary alicyclic amines) is 1. The second-order valence-electron chi connectivity index (χ2n) is 5.84. The van der Waals surface area contributed by atoms with Gasteiger partial charge in [0.25, 0.3) is 0 Å². The van der Waals surface area contributed by atoms with Crippen molar-refractivity contribution in [2.24, 2.45) is 0 Å². The zero-order valence-electron chi connectivity index (χ0n) is 13.8. The Morgan fingerprint density at radius 1 is 1.29 bits per heavy atom. The first kappa shape index (κ1) is 18.1. The zero-order valence-corrected chi connectivity index (χ0v) is 16.3. The number of nitrogens with one attached hydrogen (secondary N) is 1. The van der Waals surface area contributed by atoms with Crippen molar-refractivity contribution in [2.75, 3.05) is 31.9 Å². The molecule has 0 aliphatic carbocycles. The van der Waals surface area contributed by atoms with Gasteiger partial charge in [0.2, 0.25) is 10.0 Å². The van der Waals surface area contributed by atoms with Crippen LogP contribution in [0, 0.1) is 0 Å². The highest BCUT2D eigenvalue weighted by Gasteiger charge is 2.17. The Labute approximate surface area is 151 Å². The van der Waals surface area contributed by atoms with Gasteiger partial charge in [0.05, 0.1) is 15.1 Å². The number of piperidine rings is 1. The summed E-state index contributed by atoms with van der Waals surface area (Å²) in [5.41, 5.74) is 0.864. The fourth-order valence-corrected chi connectivity index (χ4v) is 5.97. The topological polar surface area (TPSA) is 62.3 Å². The molecule has 2 aromatic rings. The van der Waals surface area contributed by atoms with Gasteiger partial charge in [0.15, 0.2) is 4.34 Å². The van der Waals surface area contributed by atoms with Crippen LogP contribution in [0.2, 0.25) is 0 Å². The number of benzene rings is 1. The number of hydrogen-bond donors (Lipinski definition) is 1. The number of thioether (sulfide) groups is 1. The number of sulfonamides is 1. The SMILES string of the molecule is CCSc1nc2ccc(S(=O)(=O)NCCN3CCCCC3)cc2s1. The van der Waals surface area contributed by atoms with Crippen LogP contribution >= 0.6 is 23.1 Å². The smallest absolute Gasteiger partial charge is 0.240 e. The van der Waals surface area contributed by atoms with E-state index in [2.05, 4.69) is 21.5 Å². The highest BCUT2D eigenvalue weighted by Crippen LogP contribution is 2.30. The summed E-state index contributed by atoms with van der Waals surface area (Å²) in [6, 6.07) is 5.17. The van der Waals surface area contributed by atoms with E-state index >= 15 is 0 Å². The van der Waals surface area contributed by atoms with Gasteiger partial charge in [-0.3, -0.25) is 0 Å². The minimum Gasteiger partial charge on any atom is -0.302 e. The first-order chi connectivity index (χ1) is 11.6. The van der Waals surface area contributed by atoms with Crippen LogP contribution in [-0.2, 0) is 10.0 Å². The van der Waals surface area contributed by atoms with E-state index in [-0.39, 0.29) is 0 Å². The molecule has 1 aromatic heterocycles. The van der Waals surface area contributed by atoms with Gasteiger partial charge in [0, 0.05) is 13.1 Å². The third kappa shape index (κ3) is 4.49. The van der Waals surface area contributed by atoms with Crippen LogP contribution in [0.25, 0.3) is 10.2 Å². The van der Waals surface area contributed by atoms with E-state index in [1.807, 2.05) is 0 Å². The third-order valence-electron chi connectivity index (χ3n) is 4.09. The van der Waals surface area contributed by atoms with E-state index in [0.29, 0.717) is 11.4 Å². The van der Waals surface area contributed by atoms with Crippen molar-refractivity contribution in [2.45, 2.75) is 35.4 Å². The second-order valence-corrected chi connectivity index (χ2v) is 10.2. The molecule has 0 saturated carbocycles. The van der Waals surface area contributed by atoms with Crippen LogP contribution in [0.1, 0.15) is 26.2 Å². The van der Waals surface area contributed by atoms with Crippen LogP contribution in [0.4, 0.5) is 0 Å². The summed E-state index contributed by atoms with van der Waals surface area (Å²) in [5.74, 6) is 0.961. The summed E-state index contributed by atoms with van der Waals surface area (Å²) < 4.78 is 29.6. The molecule has 1 N–H and O–H groups in total. The summed E-state index contributed by atoms with van der Waals surface area (Å²) in [7, 11) is -3.46. The maximum absolute atomic E-state index is 12.5. The Balaban J connectivity index is 1.65. The Bertz CT molecular complexity index is 783. The van der Waals surface area contributed by atoms with Crippen LogP contribution < -0.4 is 4.72 Å². The van der Waals surface area contributed by atoms with Gasteiger partial charge >= 0.3 is 0 Å². The molecule has 5 nitrogen and oxygen atoms in total. The van der Waals surface area contributed by atoms with E-state index in [1.165, 1.54) is 19.3 Å². The Kier molecular flexibility index (Phi) is 6.15. The van der Waals surface area contributed by atoms with Crippen LogP contribution in [0.5, 0.6) is 0 Å². The van der Waals surface area contributed by atoms with E-state index in [0.717, 1.165) is 39.9 Å². The molecule has 1 saturated heterocycles.